The van der Waals surface area contributed by atoms with Gasteiger partial charge in [-0.1, -0.05) is 12.1 Å². The second-order valence-electron chi connectivity index (χ2n) is 5.36. The second kappa shape index (κ2) is 8.13. The lowest BCUT2D eigenvalue weighted by Crippen LogP contribution is -2.10. The molecule has 1 heterocycles. The van der Waals surface area contributed by atoms with E-state index in [2.05, 4.69) is 4.98 Å². The number of carbonyl (C=O) groups is 1. The number of hydrogen-bond acceptors (Lipinski definition) is 6. The van der Waals surface area contributed by atoms with Crippen LogP contribution in [-0.2, 0) is 11.3 Å². The van der Waals surface area contributed by atoms with Crippen LogP contribution >= 0.6 is 11.3 Å². The molecule has 0 N–H and O–H groups in total. The molecule has 27 heavy (non-hydrogen) atoms. The van der Waals surface area contributed by atoms with Crippen LogP contribution in [0.15, 0.2) is 41.8 Å². The quantitative estimate of drug-likeness (QED) is 0.581. The summed E-state index contributed by atoms with van der Waals surface area (Å²) in [5, 5.41) is 2.33. The van der Waals surface area contributed by atoms with Crippen molar-refractivity contribution >= 4 is 17.3 Å². The van der Waals surface area contributed by atoms with Crippen molar-refractivity contribution in [2.24, 2.45) is 0 Å². The Morgan fingerprint density at radius 1 is 1.07 bits per heavy atom. The van der Waals surface area contributed by atoms with Crippen molar-refractivity contribution in [2.75, 3.05) is 14.2 Å². The molecular formula is C19H15F2NO4S. The molecule has 0 unspecified atom stereocenters. The van der Waals surface area contributed by atoms with Crippen molar-refractivity contribution in [1.82, 2.24) is 4.98 Å². The number of halogens is 2. The van der Waals surface area contributed by atoms with Gasteiger partial charge in [0.1, 0.15) is 28.8 Å². The van der Waals surface area contributed by atoms with E-state index < -0.39 is 23.2 Å². The van der Waals surface area contributed by atoms with Gasteiger partial charge in [-0.25, -0.2) is 18.6 Å². The third-order valence-electron chi connectivity index (χ3n) is 3.70. The molecule has 1 aromatic heterocycles. The number of para-hydroxylation sites is 1. The summed E-state index contributed by atoms with van der Waals surface area (Å²) >= 11 is 1.32. The van der Waals surface area contributed by atoms with Crippen LogP contribution in [0.1, 0.15) is 16.1 Å². The van der Waals surface area contributed by atoms with Crippen LogP contribution in [0.5, 0.6) is 11.5 Å². The maximum absolute atomic E-state index is 13.6. The fourth-order valence-corrected chi connectivity index (χ4v) is 3.28. The van der Waals surface area contributed by atoms with Gasteiger partial charge in [-0.2, -0.15) is 0 Å². The van der Waals surface area contributed by atoms with E-state index in [9.17, 15) is 13.6 Å². The van der Waals surface area contributed by atoms with Crippen LogP contribution in [0, 0.1) is 11.6 Å². The molecule has 0 aliphatic rings. The van der Waals surface area contributed by atoms with E-state index in [0.29, 0.717) is 22.2 Å². The first-order valence-corrected chi connectivity index (χ1v) is 8.70. The fourth-order valence-electron chi connectivity index (χ4n) is 2.46. The number of thiazole rings is 1. The molecule has 0 amide bonds. The number of benzene rings is 2. The molecule has 0 spiro atoms. The fraction of sp³-hybridized carbons (Fsp3) is 0.158. The zero-order valence-corrected chi connectivity index (χ0v) is 15.3. The Morgan fingerprint density at radius 2 is 1.78 bits per heavy atom. The van der Waals surface area contributed by atoms with E-state index in [1.807, 2.05) is 6.07 Å². The Morgan fingerprint density at radius 3 is 2.44 bits per heavy atom. The molecule has 140 valence electrons. The lowest BCUT2D eigenvalue weighted by Gasteiger charge is -2.10. The second-order valence-corrected chi connectivity index (χ2v) is 6.22. The molecular weight excluding hydrogens is 376 g/mol. The van der Waals surface area contributed by atoms with Crippen molar-refractivity contribution in [3.05, 3.63) is 64.7 Å². The predicted octanol–water partition coefficient (Wildman–Crippen LogP) is 4.46. The van der Waals surface area contributed by atoms with Gasteiger partial charge in [-0.15, -0.1) is 11.3 Å². The number of aromatic nitrogens is 1. The van der Waals surface area contributed by atoms with Crippen LogP contribution in [0.4, 0.5) is 8.78 Å². The van der Waals surface area contributed by atoms with E-state index in [-0.39, 0.29) is 6.61 Å². The zero-order valence-electron chi connectivity index (χ0n) is 14.5. The Balaban J connectivity index is 1.77. The number of carbonyl (C=O) groups excluding carboxylic acids is 1. The summed E-state index contributed by atoms with van der Waals surface area (Å²) in [6.07, 6.45) is 0. The summed E-state index contributed by atoms with van der Waals surface area (Å²) in [7, 11) is 3.07. The summed E-state index contributed by atoms with van der Waals surface area (Å²) in [6, 6.07) is 8.56. The third kappa shape index (κ3) is 3.90. The van der Waals surface area contributed by atoms with Gasteiger partial charge in [0.25, 0.3) is 0 Å². The van der Waals surface area contributed by atoms with Crippen LogP contribution in [0.25, 0.3) is 10.6 Å². The number of esters is 1. The van der Waals surface area contributed by atoms with Crippen LogP contribution in [-0.4, -0.2) is 25.2 Å². The monoisotopic (exact) mass is 391 g/mol. The highest BCUT2D eigenvalue weighted by Crippen LogP contribution is 2.39. The van der Waals surface area contributed by atoms with Gasteiger partial charge >= 0.3 is 5.97 Å². The largest absolute Gasteiger partial charge is 0.493 e. The summed E-state index contributed by atoms with van der Waals surface area (Å²) < 4.78 is 42.9. The van der Waals surface area contributed by atoms with Crippen molar-refractivity contribution in [3.8, 4) is 22.1 Å². The van der Waals surface area contributed by atoms with Crippen molar-refractivity contribution in [1.29, 1.82) is 0 Å². The molecule has 0 aliphatic heterocycles. The lowest BCUT2D eigenvalue weighted by molar-refractivity contribution is 0.0457. The molecule has 0 saturated heterocycles. The first kappa shape index (κ1) is 18.8. The van der Waals surface area contributed by atoms with Gasteiger partial charge in [0.2, 0.25) is 0 Å². The molecule has 5 nitrogen and oxygen atoms in total. The van der Waals surface area contributed by atoms with Gasteiger partial charge in [0.05, 0.1) is 25.5 Å². The predicted molar refractivity (Wildman–Crippen MR) is 96.1 cm³/mol. The minimum Gasteiger partial charge on any atom is -0.493 e. The van der Waals surface area contributed by atoms with Crippen LogP contribution in [0.2, 0.25) is 0 Å². The first-order chi connectivity index (χ1) is 13.0. The minimum absolute atomic E-state index is 0.213. The number of ether oxygens (including phenoxy) is 3. The van der Waals surface area contributed by atoms with Gasteiger partial charge in [0.15, 0.2) is 11.5 Å². The van der Waals surface area contributed by atoms with Gasteiger partial charge in [-0.05, 0) is 24.3 Å². The maximum Gasteiger partial charge on any atom is 0.344 e. The molecule has 0 radical (unpaired) electrons. The summed E-state index contributed by atoms with van der Waals surface area (Å²) in [4.78, 5) is 16.4. The van der Waals surface area contributed by atoms with E-state index in [4.69, 9.17) is 14.2 Å². The van der Waals surface area contributed by atoms with Gasteiger partial charge in [0, 0.05) is 5.38 Å². The average Bonchev–Trinajstić information content (AvgIpc) is 3.14. The summed E-state index contributed by atoms with van der Waals surface area (Å²) in [6.45, 7) is -0.213. The molecule has 3 rings (SSSR count). The maximum atomic E-state index is 13.6. The Kier molecular flexibility index (Phi) is 5.66. The molecule has 0 aliphatic carbocycles. The number of rotatable bonds is 6. The molecule has 0 bridgehead atoms. The molecule has 8 heteroatoms. The molecule has 0 saturated carbocycles. The lowest BCUT2D eigenvalue weighted by atomic mass is 10.2. The first-order valence-electron chi connectivity index (χ1n) is 7.82. The standard InChI is InChI=1S/C19H15F2NO4S/c1-24-15-8-3-5-12(17(15)25-2)18-22-11(10-27-18)9-26-19(23)16-13(20)6-4-7-14(16)21/h3-8,10H,9H2,1-2H3. The van der Waals surface area contributed by atoms with E-state index >= 15 is 0 Å². The highest BCUT2D eigenvalue weighted by Gasteiger charge is 2.19. The highest BCUT2D eigenvalue weighted by molar-refractivity contribution is 7.13. The van der Waals surface area contributed by atoms with E-state index in [1.54, 1.807) is 17.5 Å². The number of nitrogens with zero attached hydrogens (tertiary/aromatic N) is 1. The van der Waals surface area contributed by atoms with Crippen LogP contribution < -0.4 is 9.47 Å². The Labute approximate surface area is 158 Å². The Hall–Kier alpha value is -3.00. The smallest absolute Gasteiger partial charge is 0.344 e. The van der Waals surface area contributed by atoms with Crippen molar-refractivity contribution in [2.45, 2.75) is 6.61 Å². The normalized spacial score (nSPS) is 10.5. The van der Waals surface area contributed by atoms with Crippen LogP contribution in [0.3, 0.4) is 0 Å². The number of methoxy groups -OCH3 is 2. The van der Waals surface area contributed by atoms with Crippen molar-refractivity contribution < 1.29 is 27.8 Å². The molecule has 3 aromatic rings. The molecule has 0 fully saturated rings. The summed E-state index contributed by atoms with van der Waals surface area (Å²) in [5.74, 6) is -1.93. The third-order valence-corrected chi connectivity index (χ3v) is 4.63. The van der Waals surface area contributed by atoms with E-state index in [0.717, 1.165) is 17.7 Å². The summed E-state index contributed by atoms with van der Waals surface area (Å²) in [5.41, 5.74) is 0.451. The zero-order chi connectivity index (χ0) is 19.4. The molecule has 2 aromatic carbocycles. The van der Waals surface area contributed by atoms with Gasteiger partial charge in [-0.3, -0.25) is 0 Å². The SMILES string of the molecule is COc1cccc(-c2nc(COC(=O)c3c(F)cccc3F)cs2)c1OC. The van der Waals surface area contributed by atoms with E-state index in [1.165, 1.54) is 31.6 Å². The van der Waals surface area contributed by atoms with Crippen molar-refractivity contribution in [3.63, 3.8) is 0 Å². The number of hydrogen-bond donors (Lipinski definition) is 0. The van der Waals surface area contributed by atoms with Gasteiger partial charge < -0.3 is 14.2 Å². The Bertz CT molecular complexity index is 954. The minimum atomic E-state index is -1.08. The average molecular weight is 391 g/mol. The topological polar surface area (TPSA) is 57.7 Å². The molecule has 0 atom stereocenters. The highest BCUT2D eigenvalue weighted by atomic mass is 32.1.